The molecule has 2 rings (SSSR count). The maximum absolute atomic E-state index is 11.7. The monoisotopic (exact) mass is 296 g/mol. The summed E-state index contributed by atoms with van der Waals surface area (Å²) >= 11 is 3.94. The van der Waals surface area contributed by atoms with Crippen molar-refractivity contribution in [2.75, 3.05) is 30.3 Å². The smallest absolute Gasteiger partial charge is 0.221 e. The lowest BCUT2D eigenvalue weighted by Gasteiger charge is -2.22. The van der Waals surface area contributed by atoms with Crippen molar-refractivity contribution in [2.45, 2.75) is 30.6 Å². The third kappa shape index (κ3) is 5.73. The van der Waals surface area contributed by atoms with E-state index in [9.17, 15) is 4.79 Å². The minimum Gasteiger partial charge on any atom is -0.355 e. The Bertz CT molecular complexity index is 232. The number of rotatable bonds is 4. The standard InChI is InChI=1S/C11H20N2OS2.ClH/c14-11(6-9-8-15-5-3-12-9)13-7-10-2-1-4-16-10;/h9-10,12H,1-8H2,(H,13,14);1H. The van der Waals surface area contributed by atoms with E-state index in [1.54, 1.807) is 0 Å². The fraction of sp³-hybridized carbons (Fsp3) is 0.909. The summed E-state index contributed by atoms with van der Waals surface area (Å²) in [5, 5.41) is 7.12. The van der Waals surface area contributed by atoms with E-state index in [1.165, 1.54) is 24.3 Å². The van der Waals surface area contributed by atoms with Crippen LogP contribution in [0.2, 0.25) is 0 Å². The molecule has 100 valence electrons. The van der Waals surface area contributed by atoms with Crippen molar-refractivity contribution in [3.8, 4) is 0 Å². The largest absolute Gasteiger partial charge is 0.355 e. The average molecular weight is 297 g/mol. The molecule has 6 heteroatoms. The van der Waals surface area contributed by atoms with Crippen LogP contribution in [0.5, 0.6) is 0 Å². The lowest BCUT2D eigenvalue weighted by molar-refractivity contribution is -0.121. The maximum atomic E-state index is 11.7. The molecule has 2 aliphatic rings. The highest BCUT2D eigenvalue weighted by Crippen LogP contribution is 2.25. The molecule has 2 aliphatic heterocycles. The maximum Gasteiger partial charge on any atom is 0.221 e. The minimum absolute atomic E-state index is 0. The average Bonchev–Trinajstić information content (AvgIpc) is 2.81. The van der Waals surface area contributed by atoms with E-state index < -0.39 is 0 Å². The highest BCUT2D eigenvalue weighted by Gasteiger charge is 2.19. The zero-order chi connectivity index (χ0) is 11.2. The predicted molar refractivity (Wildman–Crippen MR) is 79.5 cm³/mol. The number of carbonyl (C=O) groups is 1. The van der Waals surface area contributed by atoms with Gasteiger partial charge in [0.15, 0.2) is 0 Å². The van der Waals surface area contributed by atoms with E-state index in [4.69, 9.17) is 0 Å². The Morgan fingerprint density at radius 1 is 1.41 bits per heavy atom. The van der Waals surface area contributed by atoms with Crippen LogP contribution in [-0.2, 0) is 4.79 Å². The van der Waals surface area contributed by atoms with Gasteiger partial charge < -0.3 is 10.6 Å². The van der Waals surface area contributed by atoms with Crippen LogP contribution < -0.4 is 10.6 Å². The lowest BCUT2D eigenvalue weighted by Crippen LogP contribution is -2.42. The predicted octanol–water partition coefficient (Wildman–Crippen LogP) is 1.52. The van der Waals surface area contributed by atoms with Crippen LogP contribution in [0.3, 0.4) is 0 Å². The minimum atomic E-state index is 0. The van der Waals surface area contributed by atoms with Gasteiger partial charge in [-0.25, -0.2) is 0 Å². The van der Waals surface area contributed by atoms with Gasteiger partial charge in [0.05, 0.1) is 0 Å². The fourth-order valence-electron chi connectivity index (χ4n) is 2.08. The summed E-state index contributed by atoms with van der Waals surface area (Å²) < 4.78 is 0. The zero-order valence-electron chi connectivity index (χ0n) is 9.94. The van der Waals surface area contributed by atoms with Crippen LogP contribution in [-0.4, -0.2) is 47.5 Å². The van der Waals surface area contributed by atoms with Gasteiger partial charge in [-0.1, -0.05) is 0 Å². The number of nitrogens with one attached hydrogen (secondary N) is 2. The van der Waals surface area contributed by atoms with Gasteiger partial charge in [-0.2, -0.15) is 23.5 Å². The van der Waals surface area contributed by atoms with Crippen molar-refractivity contribution in [1.82, 2.24) is 10.6 Å². The van der Waals surface area contributed by atoms with Gasteiger partial charge in [0.2, 0.25) is 5.91 Å². The summed E-state index contributed by atoms with van der Waals surface area (Å²) in [5.41, 5.74) is 0. The molecule has 0 aromatic carbocycles. The second-order valence-corrected chi connectivity index (χ2v) is 6.93. The van der Waals surface area contributed by atoms with Gasteiger partial charge in [-0.15, -0.1) is 12.4 Å². The number of amides is 1. The van der Waals surface area contributed by atoms with Crippen LogP contribution >= 0.6 is 35.9 Å². The molecule has 0 radical (unpaired) electrons. The molecule has 2 heterocycles. The van der Waals surface area contributed by atoms with E-state index in [-0.39, 0.29) is 18.3 Å². The molecule has 17 heavy (non-hydrogen) atoms. The van der Waals surface area contributed by atoms with Crippen molar-refractivity contribution >= 4 is 41.8 Å². The summed E-state index contributed by atoms with van der Waals surface area (Å²) in [7, 11) is 0. The van der Waals surface area contributed by atoms with Crippen LogP contribution in [0.1, 0.15) is 19.3 Å². The molecular formula is C11H21ClN2OS2. The first kappa shape index (κ1) is 15.5. The number of hydrogen-bond donors (Lipinski definition) is 2. The highest BCUT2D eigenvalue weighted by molar-refractivity contribution is 8.00. The van der Waals surface area contributed by atoms with Crippen LogP contribution in [0.15, 0.2) is 0 Å². The highest BCUT2D eigenvalue weighted by atomic mass is 35.5. The van der Waals surface area contributed by atoms with Crippen molar-refractivity contribution in [3.63, 3.8) is 0 Å². The molecule has 2 saturated heterocycles. The van der Waals surface area contributed by atoms with Crippen LogP contribution in [0, 0.1) is 0 Å². The van der Waals surface area contributed by atoms with Gasteiger partial charge >= 0.3 is 0 Å². The molecule has 0 aromatic rings. The number of thioether (sulfide) groups is 2. The molecule has 3 nitrogen and oxygen atoms in total. The normalized spacial score (nSPS) is 28.5. The van der Waals surface area contributed by atoms with E-state index in [0.29, 0.717) is 17.7 Å². The molecule has 2 N–H and O–H groups in total. The number of carbonyl (C=O) groups excluding carboxylic acids is 1. The molecule has 0 aliphatic carbocycles. The van der Waals surface area contributed by atoms with E-state index in [0.717, 1.165) is 18.8 Å². The quantitative estimate of drug-likeness (QED) is 0.825. The molecule has 1 amide bonds. The summed E-state index contributed by atoms with van der Waals surface area (Å²) in [6, 6.07) is 0.384. The lowest BCUT2D eigenvalue weighted by atomic mass is 10.2. The summed E-state index contributed by atoms with van der Waals surface area (Å²) in [4.78, 5) is 11.7. The van der Waals surface area contributed by atoms with E-state index >= 15 is 0 Å². The Hall–Kier alpha value is 0.420. The Morgan fingerprint density at radius 3 is 2.94 bits per heavy atom. The first-order chi connectivity index (χ1) is 7.84. The van der Waals surface area contributed by atoms with Gasteiger partial charge in [-0.05, 0) is 18.6 Å². The zero-order valence-corrected chi connectivity index (χ0v) is 12.4. The second kappa shape index (κ2) is 8.51. The Morgan fingerprint density at radius 2 is 2.29 bits per heavy atom. The Kier molecular flexibility index (Phi) is 7.75. The molecule has 2 fully saturated rings. The summed E-state index contributed by atoms with van der Waals surface area (Å²) in [5.74, 6) is 3.73. The van der Waals surface area contributed by atoms with Gasteiger partial charge in [0.25, 0.3) is 0 Å². The van der Waals surface area contributed by atoms with Crippen molar-refractivity contribution < 1.29 is 4.79 Å². The molecule has 2 atom stereocenters. The third-order valence-electron chi connectivity index (χ3n) is 2.98. The molecule has 0 saturated carbocycles. The molecule has 2 unspecified atom stereocenters. The second-order valence-electron chi connectivity index (χ2n) is 4.37. The molecule has 0 spiro atoms. The van der Waals surface area contributed by atoms with Gasteiger partial charge in [-0.3, -0.25) is 4.79 Å². The molecule has 0 bridgehead atoms. The van der Waals surface area contributed by atoms with Crippen molar-refractivity contribution in [1.29, 1.82) is 0 Å². The first-order valence-corrected chi connectivity index (χ1v) is 8.24. The number of hydrogen-bond acceptors (Lipinski definition) is 4. The topological polar surface area (TPSA) is 41.1 Å². The third-order valence-corrected chi connectivity index (χ3v) is 5.51. The SMILES string of the molecule is Cl.O=C(CC1CSCCN1)NCC1CCCS1. The number of halogens is 1. The van der Waals surface area contributed by atoms with Crippen LogP contribution in [0.25, 0.3) is 0 Å². The van der Waals surface area contributed by atoms with Gasteiger partial charge in [0, 0.05) is 42.3 Å². The van der Waals surface area contributed by atoms with E-state index in [1.807, 2.05) is 23.5 Å². The Labute approximate surface area is 118 Å². The summed E-state index contributed by atoms with van der Waals surface area (Å²) in [6.07, 6.45) is 3.22. The van der Waals surface area contributed by atoms with Crippen molar-refractivity contribution in [2.24, 2.45) is 0 Å². The Balaban J connectivity index is 0.00000144. The summed E-state index contributed by atoms with van der Waals surface area (Å²) in [6.45, 7) is 1.91. The fourth-order valence-corrected chi connectivity index (χ4v) is 4.23. The first-order valence-electron chi connectivity index (χ1n) is 6.04. The molecular weight excluding hydrogens is 276 g/mol. The van der Waals surface area contributed by atoms with Gasteiger partial charge in [0.1, 0.15) is 0 Å². The van der Waals surface area contributed by atoms with Crippen molar-refractivity contribution in [3.05, 3.63) is 0 Å². The van der Waals surface area contributed by atoms with Crippen LogP contribution in [0.4, 0.5) is 0 Å². The molecule has 0 aromatic heterocycles. The van der Waals surface area contributed by atoms with E-state index in [2.05, 4.69) is 10.6 Å².